The minimum absolute atomic E-state index is 0.227. The molecule has 4 heteroatoms. The zero-order valence-corrected chi connectivity index (χ0v) is 11.4. The van der Waals surface area contributed by atoms with E-state index in [0.717, 1.165) is 31.0 Å². The highest BCUT2D eigenvalue weighted by Gasteiger charge is 2.23. The predicted molar refractivity (Wildman–Crippen MR) is 70.2 cm³/mol. The molecule has 1 aromatic rings. The van der Waals surface area contributed by atoms with Crippen molar-refractivity contribution in [3.8, 4) is 0 Å². The molecule has 4 nitrogen and oxygen atoms in total. The molecule has 0 bridgehead atoms. The molecule has 0 amide bonds. The fraction of sp³-hybridized carbons (Fsp3) is 0.786. The first-order valence-electron chi connectivity index (χ1n) is 6.99. The number of hydrogen-bond donors (Lipinski definition) is 1. The topological polar surface area (TPSA) is 49.5 Å². The first-order valence-corrected chi connectivity index (χ1v) is 6.99. The van der Waals surface area contributed by atoms with Gasteiger partial charge in [-0.05, 0) is 39.7 Å². The van der Waals surface area contributed by atoms with Crippen LogP contribution >= 0.6 is 0 Å². The Labute approximate surface area is 109 Å². The average molecular weight is 252 g/mol. The summed E-state index contributed by atoms with van der Waals surface area (Å²) >= 11 is 0. The molecule has 1 N–H and O–H groups in total. The van der Waals surface area contributed by atoms with Crippen LogP contribution < -0.4 is 0 Å². The SMILES string of the molecule is Cc1cc(CN2CCCCCC2CC(C)O)no1. The van der Waals surface area contributed by atoms with E-state index in [-0.39, 0.29) is 6.10 Å². The van der Waals surface area contributed by atoms with Gasteiger partial charge < -0.3 is 9.63 Å². The van der Waals surface area contributed by atoms with E-state index in [4.69, 9.17) is 4.52 Å². The van der Waals surface area contributed by atoms with Crippen LogP contribution in [0.25, 0.3) is 0 Å². The standard InChI is InChI=1S/C14H24N2O2/c1-11(17)8-14-6-4-3-5-7-16(14)10-13-9-12(2)18-15-13/h9,11,14,17H,3-8,10H2,1-2H3. The largest absolute Gasteiger partial charge is 0.393 e. The highest BCUT2D eigenvalue weighted by molar-refractivity contribution is 5.03. The zero-order chi connectivity index (χ0) is 13.0. The molecular formula is C14H24N2O2. The van der Waals surface area contributed by atoms with Gasteiger partial charge in [0.15, 0.2) is 0 Å². The Bertz CT molecular complexity index is 362. The van der Waals surface area contributed by atoms with Crippen molar-refractivity contribution in [3.05, 3.63) is 17.5 Å². The van der Waals surface area contributed by atoms with Crippen LogP contribution in [-0.2, 0) is 6.54 Å². The van der Waals surface area contributed by atoms with Gasteiger partial charge in [-0.3, -0.25) is 4.90 Å². The van der Waals surface area contributed by atoms with E-state index in [9.17, 15) is 5.11 Å². The van der Waals surface area contributed by atoms with E-state index in [0.29, 0.717) is 6.04 Å². The Kier molecular flexibility index (Phi) is 4.78. The molecule has 102 valence electrons. The lowest BCUT2D eigenvalue weighted by atomic mass is 10.0. The number of aliphatic hydroxyl groups is 1. The average Bonchev–Trinajstić information content (AvgIpc) is 2.58. The lowest BCUT2D eigenvalue weighted by molar-refractivity contribution is 0.106. The van der Waals surface area contributed by atoms with Crippen LogP contribution in [0.3, 0.4) is 0 Å². The normalized spacial score (nSPS) is 23.8. The van der Waals surface area contributed by atoms with E-state index >= 15 is 0 Å². The summed E-state index contributed by atoms with van der Waals surface area (Å²) in [7, 11) is 0. The molecule has 0 aliphatic carbocycles. The smallest absolute Gasteiger partial charge is 0.133 e. The van der Waals surface area contributed by atoms with Crippen LogP contribution in [-0.4, -0.2) is 33.9 Å². The molecule has 0 radical (unpaired) electrons. The molecule has 2 rings (SSSR count). The van der Waals surface area contributed by atoms with Crippen molar-refractivity contribution in [3.63, 3.8) is 0 Å². The van der Waals surface area contributed by atoms with Crippen LogP contribution in [0, 0.1) is 6.92 Å². The summed E-state index contributed by atoms with van der Waals surface area (Å²) in [5.74, 6) is 0.867. The molecule has 1 aliphatic heterocycles. The van der Waals surface area contributed by atoms with Crippen molar-refractivity contribution in [2.24, 2.45) is 0 Å². The Morgan fingerprint density at radius 3 is 3.00 bits per heavy atom. The summed E-state index contributed by atoms with van der Waals surface area (Å²) in [4.78, 5) is 2.46. The van der Waals surface area contributed by atoms with Gasteiger partial charge in [0.2, 0.25) is 0 Å². The van der Waals surface area contributed by atoms with Crippen LogP contribution in [0.15, 0.2) is 10.6 Å². The first kappa shape index (κ1) is 13.6. The third kappa shape index (κ3) is 3.82. The van der Waals surface area contributed by atoms with Gasteiger partial charge in [0.25, 0.3) is 0 Å². The number of aromatic nitrogens is 1. The predicted octanol–water partition coefficient (Wildman–Crippen LogP) is 2.50. The summed E-state index contributed by atoms with van der Waals surface area (Å²) in [5.41, 5.74) is 1.00. The molecule has 0 spiro atoms. The fourth-order valence-corrected chi connectivity index (χ4v) is 2.81. The Morgan fingerprint density at radius 2 is 2.33 bits per heavy atom. The number of rotatable bonds is 4. The van der Waals surface area contributed by atoms with Crippen LogP contribution in [0.1, 0.15) is 50.5 Å². The second-order valence-corrected chi connectivity index (χ2v) is 5.49. The summed E-state index contributed by atoms with van der Waals surface area (Å²) < 4.78 is 5.13. The number of hydrogen-bond acceptors (Lipinski definition) is 4. The quantitative estimate of drug-likeness (QED) is 0.894. The molecule has 2 atom stereocenters. The fourth-order valence-electron chi connectivity index (χ4n) is 2.81. The highest BCUT2D eigenvalue weighted by atomic mass is 16.5. The van der Waals surface area contributed by atoms with Gasteiger partial charge >= 0.3 is 0 Å². The molecule has 18 heavy (non-hydrogen) atoms. The maximum Gasteiger partial charge on any atom is 0.133 e. The molecule has 1 aliphatic rings. The number of aryl methyl sites for hydroxylation is 1. The number of nitrogens with zero attached hydrogens (tertiary/aromatic N) is 2. The van der Waals surface area contributed by atoms with Gasteiger partial charge in [0.05, 0.1) is 11.8 Å². The van der Waals surface area contributed by atoms with Crippen molar-refractivity contribution in [1.29, 1.82) is 0 Å². The van der Waals surface area contributed by atoms with Gasteiger partial charge in [0, 0.05) is 18.7 Å². The highest BCUT2D eigenvalue weighted by Crippen LogP contribution is 2.22. The Morgan fingerprint density at radius 1 is 1.50 bits per heavy atom. The number of aliphatic hydroxyl groups excluding tert-OH is 1. The molecule has 2 unspecified atom stereocenters. The van der Waals surface area contributed by atoms with Crippen molar-refractivity contribution in [2.75, 3.05) is 6.54 Å². The van der Waals surface area contributed by atoms with Crippen LogP contribution in [0.2, 0.25) is 0 Å². The lowest BCUT2D eigenvalue weighted by Crippen LogP contribution is -2.36. The van der Waals surface area contributed by atoms with E-state index in [1.165, 1.54) is 25.7 Å². The van der Waals surface area contributed by atoms with E-state index in [2.05, 4.69) is 10.1 Å². The van der Waals surface area contributed by atoms with Gasteiger partial charge in [0.1, 0.15) is 5.76 Å². The maximum atomic E-state index is 9.62. The number of likely N-dealkylation sites (tertiary alicyclic amines) is 1. The zero-order valence-electron chi connectivity index (χ0n) is 11.4. The molecule has 1 aromatic heterocycles. The summed E-state index contributed by atoms with van der Waals surface area (Å²) in [6, 6.07) is 2.48. The summed E-state index contributed by atoms with van der Waals surface area (Å²) in [6.07, 6.45) is 5.62. The van der Waals surface area contributed by atoms with E-state index in [1.807, 2.05) is 19.9 Å². The Balaban J connectivity index is 2.00. The van der Waals surface area contributed by atoms with Gasteiger partial charge in [-0.15, -0.1) is 0 Å². The third-order valence-electron chi connectivity index (χ3n) is 3.65. The second kappa shape index (κ2) is 6.34. The molecule has 1 fully saturated rings. The summed E-state index contributed by atoms with van der Waals surface area (Å²) in [5, 5.41) is 13.7. The van der Waals surface area contributed by atoms with Crippen molar-refractivity contribution >= 4 is 0 Å². The first-order chi connectivity index (χ1) is 8.65. The third-order valence-corrected chi connectivity index (χ3v) is 3.65. The van der Waals surface area contributed by atoms with Gasteiger partial charge in [-0.1, -0.05) is 18.0 Å². The molecule has 2 heterocycles. The van der Waals surface area contributed by atoms with Crippen molar-refractivity contribution < 1.29 is 9.63 Å². The van der Waals surface area contributed by atoms with E-state index in [1.54, 1.807) is 0 Å². The molecule has 0 saturated carbocycles. The minimum atomic E-state index is -0.227. The van der Waals surface area contributed by atoms with Gasteiger partial charge in [-0.2, -0.15) is 0 Å². The maximum absolute atomic E-state index is 9.62. The summed E-state index contributed by atoms with van der Waals surface area (Å²) in [6.45, 7) is 5.74. The lowest BCUT2D eigenvalue weighted by Gasteiger charge is -2.30. The van der Waals surface area contributed by atoms with Crippen molar-refractivity contribution in [2.45, 2.75) is 64.6 Å². The Hall–Kier alpha value is -0.870. The molecule has 0 aromatic carbocycles. The van der Waals surface area contributed by atoms with Crippen LogP contribution in [0.4, 0.5) is 0 Å². The second-order valence-electron chi connectivity index (χ2n) is 5.49. The monoisotopic (exact) mass is 252 g/mol. The van der Waals surface area contributed by atoms with E-state index < -0.39 is 0 Å². The minimum Gasteiger partial charge on any atom is -0.393 e. The molecular weight excluding hydrogens is 228 g/mol. The van der Waals surface area contributed by atoms with Crippen LogP contribution in [0.5, 0.6) is 0 Å². The van der Waals surface area contributed by atoms with Crippen molar-refractivity contribution in [1.82, 2.24) is 10.1 Å². The van der Waals surface area contributed by atoms with Gasteiger partial charge in [-0.25, -0.2) is 0 Å². The molecule has 1 saturated heterocycles.